The maximum atomic E-state index is 11.7. The molecule has 0 aliphatic carbocycles. The van der Waals surface area contributed by atoms with Crippen LogP contribution >= 0.6 is 0 Å². The number of hydrogen-bond donors (Lipinski definition) is 1. The van der Waals surface area contributed by atoms with Crippen LogP contribution in [-0.4, -0.2) is 43.1 Å². The smallest absolute Gasteiger partial charge is 0.226 e. The summed E-state index contributed by atoms with van der Waals surface area (Å²) in [6.07, 6.45) is 2.91. The van der Waals surface area contributed by atoms with Crippen molar-refractivity contribution in [2.45, 2.75) is 33.1 Å². The Morgan fingerprint density at radius 1 is 1.45 bits per heavy atom. The molecule has 0 radical (unpaired) electrons. The van der Waals surface area contributed by atoms with Gasteiger partial charge in [-0.25, -0.2) is 12.7 Å². The molecule has 20 heavy (non-hydrogen) atoms. The molecule has 0 atom stereocenters. The van der Waals surface area contributed by atoms with E-state index >= 15 is 0 Å². The number of carbonyl (C=O) groups is 1. The molecule has 0 aliphatic heterocycles. The number of anilines is 1. The van der Waals surface area contributed by atoms with Crippen molar-refractivity contribution >= 4 is 21.7 Å². The largest absolute Gasteiger partial charge is 0.360 e. The van der Waals surface area contributed by atoms with Gasteiger partial charge >= 0.3 is 0 Å². The van der Waals surface area contributed by atoms with E-state index < -0.39 is 10.0 Å². The third-order valence-electron chi connectivity index (χ3n) is 2.71. The molecule has 0 saturated carbocycles. The third kappa shape index (κ3) is 5.70. The highest BCUT2D eigenvalue weighted by molar-refractivity contribution is 7.88. The standard InChI is InChI=1S/C12H21N3O4S/c1-4-5-7-15(20(3,17)18)8-6-12(16)13-11-9-10(2)19-14-11/h9H,4-8H2,1-3H3,(H,13,14,16). The molecule has 0 fully saturated rings. The summed E-state index contributed by atoms with van der Waals surface area (Å²) in [5.74, 6) is 0.649. The topological polar surface area (TPSA) is 92.5 Å². The Morgan fingerprint density at radius 2 is 2.15 bits per heavy atom. The van der Waals surface area contributed by atoms with Gasteiger partial charge in [0.1, 0.15) is 5.76 Å². The number of aromatic nitrogens is 1. The molecule has 0 unspecified atom stereocenters. The summed E-state index contributed by atoms with van der Waals surface area (Å²) in [6, 6.07) is 1.60. The molecule has 1 amide bonds. The summed E-state index contributed by atoms with van der Waals surface area (Å²) in [4.78, 5) is 11.7. The highest BCUT2D eigenvalue weighted by atomic mass is 32.2. The molecule has 7 nitrogen and oxygen atoms in total. The van der Waals surface area contributed by atoms with E-state index in [2.05, 4.69) is 10.5 Å². The highest BCUT2D eigenvalue weighted by Gasteiger charge is 2.17. The van der Waals surface area contributed by atoms with Gasteiger partial charge in [0, 0.05) is 25.6 Å². The van der Waals surface area contributed by atoms with E-state index in [-0.39, 0.29) is 18.9 Å². The maximum Gasteiger partial charge on any atom is 0.226 e. The lowest BCUT2D eigenvalue weighted by Gasteiger charge is -2.19. The molecule has 1 N–H and O–H groups in total. The molecule has 8 heteroatoms. The fourth-order valence-corrected chi connectivity index (χ4v) is 2.52. The number of hydrogen-bond acceptors (Lipinski definition) is 5. The van der Waals surface area contributed by atoms with Gasteiger partial charge in [-0.1, -0.05) is 18.5 Å². The Labute approximate surface area is 119 Å². The van der Waals surface area contributed by atoms with Crippen LogP contribution in [0.3, 0.4) is 0 Å². The molecule has 0 aliphatic rings. The van der Waals surface area contributed by atoms with Crippen molar-refractivity contribution in [3.63, 3.8) is 0 Å². The predicted molar refractivity (Wildman–Crippen MR) is 75.8 cm³/mol. The first-order chi connectivity index (χ1) is 9.32. The van der Waals surface area contributed by atoms with Crippen LogP contribution in [-0.2, 0) is 14.8 Å². The van der Waals surface area contributed by atoms with Crippen molar-refractivity contribution in [1.82, 2.24) is 9.46 Å². The van der Waals surface area contributed by atoms with Crippen LogP contribution in [0.2, 0.25) is 0 Å². The fraction of sp³-hybridized carbons (Fsp3) is 0.667. The second-order valence-electron chi connectivity index (χ2n) is 4.64. The summed E-state index contributed by atoms with van der Waals surface area (Å²) >= 11 is 0. The van der Waals surface area contributed by atoms with E-state index in [1.54, 1.807) is 13.0 Å². The first kappa shape index (κ1) is 16.6. The molecule has 0 saturated heterocycles. The Kier molecular flexibility index (Phi) is 6.15. The summed E-state index contributed by atoms with van der Waals surface area (Å²) in [5, 5.41) is 6.20. The summed E-state index contributed by atoms with van der Waals surface area (Å²) in [6.45, 7) is 4.31. The van der Waals surface area contributed by atoms with Gasteiger partial charge in [-0.05, 0) is 13.3 Å². The molecular formula is C12H21N3O4S. The summed E-state index contributed by atoms with van der Waals surface area (Å²) < 4.78 is 29.3. The molecule has 114 valence electrons. The van der Waals surface area contributed by atoms with Crippen LogP contribution in [0, 0.1) is 6.92 Å². The Balaban J connectivity index is 2.48. The molecule has 0 spiro atoms. The summed E-state index contributed by atoms with van der Waals surface area (Å²) in [5.41, 5.74) is 0. The van der Waals surface area contributed by atoms with Crippen LogP contribution in [0.4, 0.5) is 5.82 Å². The van der Waals surface area contributed by atoms with Gasteiger partial charge in [0.25, 0.3) is 0 Å². The Bertz CT molecular complexity index is 539. The predicted octanol–water partition coefficient (Wildman–Crippen LogP) is 1.37. The molecule has 0 bridgehead atoms. The van der Waals surface area contributed by atoms with Gasteiger partial charge in [0.2, 0.25) is 15.9 Å². The van der Waals surface area contributed by atoms with Gasteiger partial charge in [-0.15, -0.1) is 0 Å². The lowest BCUT2D eigenvalue weighted by Crippen LogP contribution is -2.33. The van der Waals surface area contributed by atoms with E-state index in [0.717, 1.165) is 19.1 Å². The van der Waals surface area contributed by atoms with Crippen LogP contribution in [0.5, 0.6) is 0 Å². The van der Waals surface area contributed by atoms with E-state index in [4.69, 9.17) is 4.52 Å². The van der Waals surface area contributed by atoms with Gasteiger partial charge in [0.05, 0.1) is 6.26 Å². The quantitative estimate of drug-likeness (QED) is 0.783. The number of nitrogens with zero attached hydrogens (tertiary/aromatic N) is 2. The molecule has 1 rings (SSSR count). The van der Waals surface area contributed by atoms with Crippen molar-refractivity contribution in [2.75, 3.05) is 24.7 Å². The zero-order chi connectivity index (χ0) is 15.2. The zero-order valence-corrected chi connectivity index (χ0v) is 12.9. The van der Waals surface area contributed by atoms with E-state index in [1.165, 1.54) is 4.31 Å². The monoisotopic (exact) mass is 303 g/mol. The Hall–Kier alpha value is -1.41. The minimum atomic E-state index is -3.28. The highest BCUT2D eigenvalue weighted by Crippen LogP contribution is 2.08. The van der Waals surface area contributed by atoms with Gasteiger partial charge in [-0.3, -0.25) is 4.79 Å². The van der Waals surface area contributed by atoms with Crippen molar-refractivity contribution in [3.05, 3.63) is 11.8 Å². The average Bonchev–Trinajstić information content (AvgIpc) is 2.73. The molecule has 1 heterocycles. The molecule has 1 aromatic heterocycles. The Morgan fingerprint density at radius 3 is 2.65 bits per heavy atom. The van der Waals surface area contributed by atoms with Crippen molar-refractivity contribution in [3.8, 4) is 0 Å². The summed E-state index contributed by atoms with van der Waals surface area (Å²) in [7, 11) is -3.28. The SMILES string of the molecule is CCCCN(CCC(=O)Nc1cc(C)on1)S(C)(=O)=O. The third-order valence-corrected chi connectivity index (χ3v) is 4.02. The second-order valence-corrected chi connectivity index (χ2v) is 6.62. The number of rotatable bonds is 8. The fourth-order valence-electron chi connectivity index (χ4n) is 1.63. The van der Waals surface area contributed by atoms with Gasteiger partial charge in [-0.2, -0.15) is 0 Å². The van der Waals surface area contributed by atoms with E-state index in [9.17, 15) is 13.2 Å². The van der Waals surface area contributed by atoms with E-state index in [0.29, 0.717) is 18.1 Å². The number of amides is 1. The second kappa shape index (κ2) is 7.39. The minimum Gasteiger partial charge on any atom is -0.360 e. The van der Waals surface area contributed by atoms with Crippen molar-refractivity contribution in [2.24, 2.45) is 0 Å². The number of carbonyl (C=O) groups excluding carboxylic acids is 1. The first-order valence-electron chi connectivity index (χ1n) is 6.51. The number of unbranched alkanes of at least 4 members (excludes halogenated alkanes) is 1. The minimum absolute atomic E-state index is 0.0860. The van der Waals surface area contributed by atoms with Gasteiger partial charge in [0.15, 0.2) is 5.82 Å². The van der Waals surface area contributed by atoms with Crippen LogP contribution in [0.1, 0.15) is 31.9 Å². The van der Waals surface area contributed by atoms with E-state index in [1.807, 2.05) is 6.92 Å². The van der Waals surface area contributed by atoms with Crippen LogP contribution in [0.25, 0.3) is 0 Å². The van der Waals surface area contributed by atoms with Crippen molar-refractivity contribution < 1.29 is 17.7 Å². The lowest BCUT2D eigenvalue weighted by molar-refractivity contribution is -0.116. The molecular weight excluding hydrogens is 282 g/mol. The van der Waals surface area contributed by atoms with Crippen molar-refractivity contribution in [1.29, 1.82) is 0 Å². The first-order valence-corrected chi connectivity index (χ1v) is 8.36. The maximum absolute atomic E-state index is 11.7. The normalized spacial score (nSPS) is 11.8. The molecule has 1 aromatic rings. The number of aryl methyl sites for hydroxylation is 1. The van der Waals surface area contributed by atoms with Gasteiger partial charge < -0.3 is 9.84 Å². The zero-order valence-electron chi connectivity index (χ0n) is 12.0. The average molecular weight is 303 g/mol. The lowest BCUT2D eigenvalue weighted by atomic mass is 10.3. The molecule has 0 aromatic carbocycles. The number of sulfonamides is 1. The number of nitrogens with one attached hydrogen (secondary N) is 1. The van der Waals surface area contributed by atoms with Crippen LogP contribution < -0.4 is 5.32 Å². The van der Waals surface area contributed by atoms with Crippen LogP contribution in [0.15, 0.2) is 10.6 Å².